The number of carbonyl (C=O) groups excluding carboxylic acids is 1. The molecule has 0 aliphatic rings. The molecule has 7 nitrogen and oxygen atoms in total. The van der Waals surface area contributed by atoms with Crippen LogP contribution in [0.2, 0.25) is 0 Å². The Morgan fingerprint density at radius 1 is 1.19 bits per heavy atom. The molecule has 1 heterocycles. The number of rotatable bonds is 5. The molecule has 112 valence electrons. The maximum atomic E-state index is 11.1. The molecule has 0 spiro atoms. The second-order valence-corrected chi connectivity index (χ2v) is 5.05. The fourth-order valence-electron chi connectivity index (χ4n) is 1.68. The van der Waals surface area contributed by atoms with Crippen molar-refractivity contribution in [2.75, 3.05) is 26.6 Å². The van der Waals surface area contributed by atoms with Gasteiger partial charge in [-0.2, -0.15) is 0 Å². The van der Waals surface area contributed by atoms with Crippen molar-refractivity contribution in [3.8, 4) is 11.5 Å². The fourth-order valence-corrected chi connectivity index (χ4v) is 2.44. The second kappa shape index (κ2) is 6.89. The lowest BCUT2D eigenvalue weighted by atomic mass is 10.1. The van der Waals surface area contributed by atoms with Crippen LogP contribution in [0.25, 0.3) is 0 Å². The zero-order chi connectivity index (χ0) is 15.2. The Balaban J connectivity index is 2.09. The minimum Gasteiger partial charge on any atom is -0.493 e. The van der Waals surface area contributed by atoms with Gasteiger partial charge < -0.3 is 14.2 Å². The van der Waals surface area contributed by atoms with E-state index in [1.807, 2.05) is 18.2 Å². The van der Waals surface area contributed by atoms with Crippen LogP contribution in [0.4, 0.5) is 9.93 Å². The van der Waals surface area contributed by atoms with Crippen molar-refractivity contribution in [2.45, 2.75) is 6.42 Å². The third-order valence-corrected chi connectivity index (χ3v) is 3.50. The van der Waals surface area contributed by atoms with Gasteiger partial charge in [0, 0.05) is 6.42 Å². The largest absolute Gasteiger partial charge is 0.493 e. The molecule has 0 unspecified atom stereocenters. The number of nitrogens with one attached hydrogen (secondary N) is 1. The number of carbonyl (C=O) groups is 1. The van der Waals surface area contributed by atoms with E-state index >= 15 is 0 Å². The fraction of sp³-hybridized carbons (Fsp3) is 0.308. The number of nitrogens with zero attached hydrogens (tertiary/aromatic N) is 2. The lowest BCUT2D eigenvalue weighted by Gasteiger charge is -2.08. The Hall–Kier alpha value is -2.35. The van der Waals surface area contributed by atoms with Crippen LogP contribution in [0.15, 0.2) is 18.2 Å². The van der Waals surface area contributed by atoms with Crippen molar-refractivity contribution in [2.24, 2.45) is 0 Å². The summed E-state index contributed by atoms with van der Waals surface area (Å²) >= 11 is 1.29. The van der Waals surface area contributed by atoms with E-state index in [1.165, 1.54) is 18.4 Å². The average molecular weight is 309 g/mol. The van der Waals surface area contributed by atoms with Gasteiger partial charge in [-0.3, -0.25) is 5.32 Å². The molecule has 0 saturated carbocycles. The molecule has 2 rings (SSSR count). The molecule has 0 aliphatic heterocycles. The maximum absolute atomic E-state index is 11.1. The van der Waals surface area contributed by atoms with Gasteiger partial charge in [0.25, 0.3) is 0 Å². The van der Waals surface area contributed by atoms with E-state index in [4.69, 9.17) is 9.47 Å². The predicted molar refractivity (Wildman–Crippen MR) is 78.3 cm³/mol. The summed E-state index contributed by atoms with van der Waals surface area (Å²) < 4.78 is 14.9. The van der Waals surface area contributed by atoms with Crippen molar-refractivity contribution < 1.29 is 19.0 Å². The molecule has 0 aliphatic carbocycles. The zero-order valence-corrected chi connectivity index (χ0v) is 12.7. The first-order chi connectivity index (χ1) is 10.2. The first kappa shape index (κ1) is 15.0. The van der Waals surface area contributed by atoms with Crippen molar-refractivity contribution >= 4 is 22.6 Å². The molecule has 8 heteroatoms. The monoisotopic (exact) mass is 309 g/mol. The number of anilines is 1. The molecule has 1 aromatic carbocycles. The Labute approximate surface area is 125 Å². The van der Waals surface area contributed by atoms with E-state index in [0.29, 0.717) is 23.1 Å². The molecule has 0 bridgehead atoms. The second-order valence-electron chi connectivity index (χ2n) is 3.98. The summed E-state index contributed by atoms with van der Waals surface area (Å²) in [5, 5.41) is 11.6. The number of aromatic nitrogens is 2. The topological polar surface area (TPSA) is 82.6 Å². The molecule has 1 amide bonds. The van der Waals surface area contributed by atoms with E-state index in [9.17, 15) is 4.79 Å². The van der Waals surface area contributed by atoms with Crippen LogP contribution in [-0.4, -0.2) is 37.6 Å². The summed E-state index contributed by atoms with van der Waals surface area (Å²) in [6.07, 6.45) is 0.0183. The van der Waals surface area contributed by atoms with E-state index in [-0.39, 0.29) is 0 Å². The third-order valence-electron chi connectivity index (χ3n) is 2.66. The number of hydrogen-bond donors (Lipinski definition) is 1. The Morgan fingerprint density at radius 2 is 1.95 bits per heavy atom. The Kier molecular flexibility index (Phi) is 4.94. The van der Waals surface area contributed by atoms with Gasteiger partial charge in [0.15, 0.2) is 11.5 Å². The van der Waals surface area contributed by atoms with Gasteiger partial charge in [0.2, 0.25) is 5.13 Å². The van der Waals surface area contributed by atoms with E-state index in [0.717, 1.165) is 10.6 Å². The highest BCUT2D eigenvalue weighted by Gasteiger charge is 2.10. The number of hydrogen-bond acceptors (Lipinski definition) is 7. The lowest BCUT2D eigenvalue weighted by molar-refractivity contribution is 0.187. The number of amides is 1. The van der Waals surface area contributed by atoms with Gasteiger partial charge in [-0.25, -0.2) is 4.79 Å². The van der Waals surface area contributed by atoms with E-state index in [2.05, 4.69) is 20.3 Å². The number of benzene rings is 1. The minimum absolute atomic E-state index is 0.400. The molecule has 1 N–H and O–H groups in total. The highest BCUT2D eigenvalue weighted by Crippen LogP contribution is 2.29. The Bertz CT molecular complexity index is 630. The SMILES string of the molecule is COC(=O)Nc1nnc(Cc2ccc(OC)c(OC)c2)s1. The molecule has 21 heavy (non-hydrogen) atoms. The van der Waals surface area contributed by atoms with Gasteiger partial charge in [0.1, 0.15) is 5.01 Å². The third kappa shape index (κ3) is 3.82. The summed E-state index contributed by atoms with van der Waals surface area (Å²) in [6.45, 7) is 0. The van der Waals surface area contributed by atoms with Crippen molar-refractivity contribution in [1.29, 1.82) is 0 Å². The Morgan fingerprint density at radius 3 is 2.62 bits per heavy atom. The quantitative estimate of drug-likeness (QED) is 0.912. The van der Waals surface area contributed by atoms with Crippen LogP contribution in [0, 0.1) is 0 Å². The van der Waals surface area contributed by atoms with Crippen LogP contribution in [0.3, 0.4) is 0 Å². The lowest BCUT2D eigenvalue weighted by Crippen LogP contribution is -2.10. The normalized spacial score (nSPS) is 10.0. The van der Waals surface area contributed by atoms with Crippen LogP contribution >= 0.6 is 11.3 Å². The average Bonchev–Trinajstić information content (AvgIpc) is 2.93. The van der Waals surface area contributed by atoms with Gasteiger partial charge in [-0.15, -0.1) is 10.2 Å². The molecular formula is C13H15N3O4S. The van der Waals surface area contributed by atoms with Crippen molar-refractivity contribution in [1.82, 2.24) is 10.2 Å². The number of ether oxygens (including phenoxy) is 3. The summed E-state index contributed by atoms with van der Waals surface area (Å²) in [5.74, 6) is 1.33. The molecular weight excluding hydrogens is 294 g/mol. The van der Waals surface area contributed by atoms with Crippen LogP contribution in [0.1, 0.15) is 10.6 Å². The van der Waals surface area contributed by atoms with Gasteiger partial charge >= 0.3 is 6.09 Å². The molecule has 1 aromatic heterocycles. The van der Waals surface area contributed by atoms with Crippen LogP contribution in [0.5, 0.6) is 11.5 Å². The highest BCUT2D eigenvalue weighted by molar-refractivity contribution is 7.15. The molecule has 0 fully saturated rings. The molecule has 0 saturated heterocycles. The predicted octanol–water partition coefficient (Wildman–Crippen LogP) is 2.32. The first-order valence-corrected chi connectivity index (χ1v) is 6.86. The highest BCUT2D eigenvalue weighted by atomic mass is 32.1. The van der Waals surface area contributed by atoms with Gasteiger partial charge in [0.05, 0.1) is 21.3 Å². The summed E-state index contributed by atoms with van der Waals surface area (Å²) in [5.41, 5.74) is 1.01. The minimum atomic E-state index is -0.566. The molecule has 0 radical (unpaired) electrons. The maximum Gasteiger partial charge on any atom is 0.413 e. The van der Waals surface area contributed by atoms with Gasteiger partial charge in [-0.1, -0.05) is 17.4 Å². The van der Waals surface area contributed by atoms with Crippen molar-refractivity contribution in [3.63, 3.8) is 0 Å². The summed E-state index contributed by atoms with van der Waals surface area (Å²) in [7, 11) is 4.47. The standard InChI is InChI=1S/C13H15N3O4S/c1-18-9-5-4-8(6-10(9)19-2)7-11-15-16-12(21-11)14-13(17)20-3/h4-6H,7H2,1-3H3,(H,14,16,17). The zero-order valence-electron chi connectivity index (χ0n) is 11.9. The van der Waals surface area contributed by atoms with Crippen molar-refractivity contribution in [3.05, 3.63) is 28.8 Å². The van der Waals surface area contributed by atoms with Gasteiger partial charge in [-0.05, 0) is 17.7 Å². The summed E-state index contributed by atoms with van der Waals surface area (Å²) in [4.78, 5) is 11.1. The van der Waals surface area contributed by atoms with E-state index < -0.39 is 6.09 Å². The van der Waals surface area contributed by atoms with Crippen LogP contribution in [-0.2, 0) is 11.2 Å². The molecule has 0 atom stereocenters. The molecule has 2 aromatic rings. The summed E-state index contributed by atoms with van der Waals surface area (Å²) in [6, 6.07) is 5.65. The first-order valence-electron chi connectivity index (χ1n) is 6.04. The smallest absolute Gasteiger partial charge is 0.413 e. The number of methoxy groups -OCH3 is 3. The van der Waals surface area contributed by atoms with Crippen LogP contribution < -0.4 is 14.8 Å². The van der Waals surface area contributed by atoms with E-state index in [1.54, 1.807) is 14.2 Å².